The molecule has 0 saturated carbocycles. The molecule has 240 valence electrons. The van der Waals surface area contributed by atoms with Crippen LogP contribution >= 0.6 is 0 Å². The normalized spacial score (nSPS) is 13.5. The first-order valence-electron chi connectivity index (χ1n) is 14.9. The molecule has 8 nitrogen and oxygen atoms in total. The van der Waals surface area contributed by atoms with Crippen LogP contribution in [0.2, 0.25) is 0 Å². The summed E-state index contributed by atoms with van der Waals surface area (Å²) in [6, 6.07) is 17.6. The van der Waals surface area contributed by atoms with Crippen molar-refractivity contribution in [2.75, 3.05) is 0 Å². The Morgan fingerprint density at radius 2 is 0.756 bits per heavy atom. The van der Waals surface area contributed by atoms with Crippen molar-refractivity contribution in [2.24, 2.45) is 10.8 Å². The number of aromatic hydroxyl groups is 6. The number of rotatable bonds is 8. The molecule has 0 aliphatic carbocycles. The maximum Gasteiger partial charge on any atom is 0.200 e. The van der Waals surface area contributed by atoms with Crippen LogP contribution in [0.4, 0.5) is 0 Å². The van der Waals surface area contributed by atoms with Crippen LogP contribution in [0, 0.1) is 10.8 Å². The molecular weight excluding hydrogens is 572 g/mol. The largest absolute Gasteiger partial charge is 0.504 e. The molecule has 0 aliphatic heterocycles. The van der Waals surface area contributed by atoms with E-state index in [1.54, 1.807) is 12.1 Å². The highest BCUT2D eigenvalue weighted by Crippen LogP contribution is 2.46. The molecule has 0 radical (unpaired) electrons. The third-order valence-electron chi connectivity index (χ3n) is 8.16. The number of aliphatic hydroxyl groups is 2. The van der Waals surface area contributed by atoms with Crippen LogP contribution < -0.4 is 0 Å². The Balaban J connectivity index is 1.68. The van der Waals surface area contributed by atoms with Gasteiger partial charge in [0, 0.05) is 41.5 Å². The molecule has 0 fully saturated rings. The van der Waals surface area contributed by atoms with E-state index >= 15 is 0 Å². The fourth-order valence-corrected chi connectivity index (χ4v) is 5.46. The summed E-state index contributed by atoms with van der Waals surface area (Å²) < 4.78 is 0. The van der Waals surface area contributed by atoms with Gasteiger partial charge in [-0.05, 0) is 45.2 Å². The van der Waals surface area contributed by atoms with Gasteiger partial charge in [0.15, 0.2) is 23.0 Å². The Morgan fingerprint density at radius 3 is 1.07 bits per heavy atom. The van der Waals surface area contributed by atoms with Crippen molar-refractivity contribution >= 4 is 0 Å². The van der Waals surface area contributed by atoms with Crippen LogP contribution in [0.15, 0.2) is 60.7 Å². The van der Waals surface area contributed by atoms with Crippen molar-refractivity contribution < 1.29 is 40.9 Å². The lowest BCUT2D eigenvalue weighted by atomic mass is 9.84. The predicted octanol–water partition coefficient (Wildman–Crippen LogP) is 6.85. The summed E-state index contributed by atoms with van der Waals surface area (Å²) >= 11 is 0. The first kappa shape index (κ1) is 33.5. The lowest BCUT2D eigenvalue weighted by Gasteiger charge is -2.26. The Morgan fingerprint density at radius 1 is 0.444 bits per heavy atom. The zero-order valence-electron chi connectivity index (χ0n) is 26.6. The molecule has 2 unspecified atom stereocenters. The van der Waals surface area contributed by atoms with E-state index in [4.69, 9.17) is 0 Å². The fourth-order valence-electron chi connectivity index (χ4n) is 5.46. The molecule has 0 amide bonds. The maximum atomic E-state index is 10.7. The van der Waals surface area contributed by atoms with E-state index < -0.39 is 57.5 Å². The van der Waals surface area contributed by atoms with Gasteiger partial charge >= 0.3 is 0 Å². The second kappa shape index (κ2) is 12.5. The van der Waals surface area contributed by atoms with Crippen molar-refractivity contribution in [2.45, 2.75) is 73.0 Å². The third kappa shape index (κ3) is 7.30. The predicted molar refractivity (Wildman–Crippen MR) is 173 cm³/mol. The van der Waals surface area contributed by atoms with Crippen LogP contribution in [-0.2, 0) is 19.3 Å². The molecule has 0 bridgehead atoms. The van der Waals surface area contributed by atoms with Gasteiger partial charge in [-0.15, -0.1) is 0 Å². The molecule has 45 heavy (non-hydrogen) atoms. The van der Waals surface area contributed by atoms with E-state index in [0.29, 0.717) is 22.3 Å². The summed E-state index contributed by atoms with van der Waals surface area (Å²) in [7, 11) is 0. The van der Waals surface area contributed by atoms with E-state index in [1.807, 2.05) is 77.9 Å². The summed E-state index contributed by atoms with van der Waals surface area (Å²) in [5.41, 5.74) is 3.10. The number of hydrogen-bond donors (Lipinski definition) is 8. The SMILES string of the molecule is CC(C)(C)C(O)c1cccc(Cc2cc(Cc3cc(Cc4cccc(C(O)C(C)(C)C)c4)c(O)c(O)c3O)c(O)c(O)c2O)c1. The molecule has 8 heteroatoms. The highest BCUT2D eigenvalue weighted by molar-refractivity contribution is 5.63. The quantitative estimate of drug-likeness (QED) is 0.0997. The summed E-state index contributed by atoms with van der Waals surface area (Å²) in [6.07, 6.45) is -1.25. The Labute approximate surface area is 264 Å². The number of phenols is 6. The lowest BCUT2D eigenvalue weighted by Crippen LogP contribution is -2.17. The highest BCUT2D eigenvalue weighted by atomic mass is 16.3. The molecule has 0 aliphatic rings. The molecule has 0 aromatic heterocycles. The molecule has 0 spiro atoms. The lowest BCUT2D eigenvalue weighted by molar-refractivity contribution is 0.0626. The highest BCUT2D eigenvalue weighted by Gasteiger charge is 2.26. The Bertz CT molecular complexity index is 1570. The number of phenolic OH excluding ortho intramolecular Hbond substituents is 6. The van der Waals surface area contributed by atoms with Crippen LogP contribution in [0.5, 0.6) is 34.5 Å². The van der Waals surface area contributed by atoms with Crippen LogP contribution in [0.1, 0.15) is 98.3 Å². The molecule has 0 saturated heterocycles. The van der Waals surface area contributed by atoms with Gasteiger partial charge in [-0.3, -0.25) is 0 Å². The molecule has 4 aromatic carbocycles. The average molecular weight is 617 g/mol. The van der Waals surface area contributed by atoms with Crippen molar-refractivity contribution in [3.63, 3.8) is 0 Å². The van der Waals surface area contributed by atoms with Gasteiger partial charge in [0.05, 0.1) is 12.2 Å². The second-order valence-electron chi connectivity index (χ2n) is 14.0. The first-order chi connectivity index (χ1) is 20.9. The Kier molecular flexibility index (Phi) is 9.33. The number of aliphatic hydroxyl groups excluding tert-OH is 2. The van der Waals surface area contributed by atoms with Gasteiger partial charge in [0.1, 0.15) is 0 Å². The number of benzene rings is 4. The van der Waals surface area contributed by atoms with E-state index in [0.717, 1.165) is 11.1 Å². The van der Waals surface area contributed by atoms with E-state index in [2.05, 4.69) is 0 Å². The maximum absolute atomic E-state index is 10.7. The minimum Gasteiger partial charge on any atom is -0.504 e. The minimum atomic E-state index is -0.722. The summed E-state index contributed by atoms with van der Waals surface area (Å²) in [5.74, 6) is -3.57. The van der Waals surface area contributed by atoms with Crippen LogP contribution in [0.3, 0.4) is 0 Å². The topological polar surface area (TPSA) is 162 Å². The van der Waals surface area contributed by atoms with E-state index in [9.17, 15) is 40.9 Å². The smallest absolute Gasteiger partial charge is 0.200 e. The van der Waals surface area contributed by atoms with Crippen LogP contribution in [0.25, 0.3) is 0 Å². The molecule has 0 heterocycles. The van der Waals surface area contributed by atoms with Gasteiger partial charge in [-0.1, -0.05) is 90.1 Å². The summed E-state index contributed by atoms with van der Waals surface area (Å²) in [4.78, 5) is 0. The van der Waals surface area contributed by atoms with Gasteiger partial charge in [0.25, 0.3) is 0 Å². The molecule has 2 atom stereocenters. The first-order valence-corrected chi connectivity index (χ1v) is 14.9. The summed E-state index contributed by atoms with van der Waals surface area (Å²) in [6.45, 7) is 11.6. The van der Waals surface area contributed by atoms with Gasteiger partial charge in [-0.2, -0.15) is 0 Å². The third-order valence-corrected chi connectivity index (χ3v) is 8.16. The van der Waals surface area contributed by atoms with Crippen molar-refractivity contribution in [3.8, 4) is 34.5 Å². The van der Waals surface area contributed by atoms with E-state index in [1.165, 1.54) is 12.1 Å². The zero-order chi connectivity index (χ0) is 33.4. The number of hydrogen-bond acceptors (Lipinski definition) is 8. The molecule has 8 N–H and O–H groups in total. The second-order valence-corrected chi connectivity index (χ2v) is 14.0. The van der Waals surface area contributed by atoms with Gasteiger partial charge in [0.2, 0.25) is 11.5 Å². The monoisotopic (exact) mass is 616 g/mol. The molecular formula is C37H44O8. The average Bonchev–Trinajstić information content (AvgIpc) is 2.98. The zero-order valence-corrected chi connectivity index (χ0v) is 26.6. The van der Waals surface area contributed by atoms with Crippen LogP contribution in [-0.4, -0.2) is 40.9 Å². The molecule has 4 aromatic rings. The standard InChI is InChI=1S/C37H44O8/c1-36(2,3)34(44)22-11-7-9-20(13-22)15-24-17-26(30(40)32(42)28(24)38)19-27-18-25(29(39)33(43)31(27)41)16-21-10-8-12-23(14-21)35(45)37(4,5)6/h7-14,17-18,34-35,38-45H,15-16,19H2,1-6H3. The van der Waals surface area contributed by atoms with Gasteiger partial charge < -0.3 is 40.9 Å². The summed E-state index contributed by atoms with van der Waals surface area (Å²) in [5, 5.41) is 85.6. The minimum absolute atomic E-state index is 0.148. The Hall–Kier alpha value is -4.40. The van der Waals surface area contributed by atoms with Crippen molar-refractivity contribution in [1.82, 2.24) is 0 Å². The fraction of sp³-hybridized carbons (Fsp3) is 0.351. The van der Waals surface area contributed by atoms with Gasteiger partial charge in [-0.25, -0.2) is 0 Å². The van der Waals surface area contributed by atoms with Crippen molar-refractivity contribution in [1.29, 1.82) is 0 Å². The van der Waals surface area contributed by atoms with E-state index in [-0.39, 0.29) is 30.4 Å². The molecule has 4 rings (SSSR count). The van der Waals surface area contributed by atoms with Crippen molar-refractivity contribution in [3.05, 3.63) is 105 Å².